The summed E-state index contributed by atoms with van der Waals surface area (Å²) in [4.78, 5) is 17.7. The van der Waals surface area contributed by atoms with Crippen molar-refractivity contribution in [3.63, 3.8) is 0 Å². The standard InChI is InChI=1S/C21H20F3N3O/c1-19(2,3)18(28)20(27-14-25-13-26-27,15-8-5-4-6-9-15)16-10-7-11-17(12-16)21(22,23)24/h4-14H,1-3H3. The maximum absolute atomic E-state index is 13.8. The van der Waals surface area contributed by atoms with Crippen LogP contribution in [0.3, 0.4) is 0 Å². The second-order valence-electron chi connectivity index (χ2n) is 7.57. The molecule has 1 aromatic heterocycles. The zero-order valence-electron chi connectivity index (χ0n) is 15.7. The third kappa shape index (κ3) is 3.32. The maximum atomic E-state index is 13.8. The topological polar surface area (TPSA) is 47.8 Å². The molecule has 0 aliphatic rings. The molecule has 0 saturated carbocycles. The van der Waals surface area contributed by atoms with Gasteiger partial charge in [-0.1, -0.05) is 63.2 Å². The van der Waals surface area contributed by atoms with E-state index in [0.717, 1.165) is 12.1 Å². The lowest BCUT2D eigenvalue weighted by molar-refractivity contribution is -0.138. The van der Waals surface area contributed by atoms with Crippen LogP contribution in [-0.2, 0) is 16.5 Å². The number of alkyl halides is 3. The Kier molecular flexibility index (Phi) is 4.87. The van der Waals surface area contributed by atoms with Gasteiger partial charge in [0.1, 0.15) is 12.7 Å². The number of benzene rings is 2. The van der Waals surface area contributed by atoms with Crippen LogP contribution in [0.2, 0.25) is 0 Å². The summed E-state index contributed by atoms with van der Waals surface area (Å²) in [7, 11) is 0. The first-order valence-corrected chi connectivity index (χ1v) is 8.71. The van der Waals surface area contributed by atoms with Crippen molar-refractivity contribution in [2.45, 2.75) is 32.5 Å². The SMILES string of the molecule is CC(C)(C)C(=O)C(c1ccccc1)(c1cccc(C(F)(F)F)c1)n1cncn1. The van der Waals surface area contributed by atoms with Gasteiger partial charge in [0.2, 0.25) is 0 Å². The minimum absolute atomic E-state index is 0.180. The molecule has 1 heterocycles. The molecule has 0 spiro atoms. The van der Waals surface area contributed by atoms with Gasteiger partial charge >= 0.3 is 6.18 Å². The number of ketones is 1. The van der Waals surface area contributed by atoms with E-state index >= 15 is 0 Å². The molecule has 0 fully saturated rings. The van der Waals surface area contributed by atoms with E-state index in [1.54, 1.807) is 51.1 Å². The number of hydrogen-bond donors (Lipinski definition) is 0. The Morgan fingerprint density at radius 2 is 1.50 bits per heavy atom. The van der Waals surface area contributed by atoms with Gasteiger partial charge in [-0.3, -0.25) is 4.79 Å². The zero-order chi connectivity index (χ0) is 20.6. The molecule has 1 unspecified atom stereocenters. The van der Waals surface area contributed by atoms with Crippen LogP contribution < -0.4 is 0 Å². The average molecular weight is 387 g/mol. The van der Waals surface area contributed by atoms with Gasteiger partial charge in [0.05, 0.1) is 5.56 Å². The van der Waals surface area contributed by atoms with Gasteiger partial charge in [-0.05, 0) is 23.3 Å². The summed E-state index contributed by atoms with van der Waals surface area (Å²) >= 11 is 0. The quantitative estimate of drug-likeness (QED) is 0.652. The van der Waals surface area contributed by atoms with E-state index in [2.05, 4.69) is 10.1 Å². The maximum Gasteiger partial charge on any atom is 0.416 e. The molecule has 0 radical (unpaired) electrons. The van der Waals surface area contributed by atoms with Crippen molar-refractivity contribution in [3.05, 3.63) is 83.9 Å². The van der Waals surface area contributed by atoms with Crippen molar-refractivity contribution < 1.29 is 18.0 Å². The summed E-state index contributed by atoms with van der Waals surface area (Å²) in [6.45, 7) is 5.20. The van der Waals surface area contributed by atoms with Crippen LogP contribution in [0.15, 0.2) is 67.3 Å². The van der Waals surface area contributed by atoms with Crippen LogP contribution in [0, 0.1) is 5.41 Å². The van der Waals surface area contributed by atoms with Crippen molar-refractivity contribution in [3.8, 4) is 0 Å². The van der Waals surface area contributed by atoms with Gasteiger partial charge in [0.25, 0.3) is 0 Å². The van der Waals surface area contributed by atoms with Gasteiger partial charge in [0.15, 0.2) is 11.3 Å². The molecule has 0 amide bonds. The fourth-order valence-electron chi connectivity index (χ4n) is 3.32. The van der Waals surface area contributed by atoms with Gasteiger partial charge < -0.3 is 0 Å². The van der Waals surface area contributed by atoms with Crippen LogP contribution in [0.25, 0.3) is 0 Å². The van der Waals surface area contributed by atoms with Crippen molar-refractivity contribution in [2.24, 2.45) is 5.41 Å². The molecule has 0 bridgehead atoms. The van der Waals surface area contributed by atoms with Gasteiger partial charge in [0, 0.05) is 5.41 Å². The van der Waals surface area contributed by atoms with Gasteiger partial charge in [-0.15, -0.1) is 0 Å². The molecule has 3 aromatic rings. The molecule has 0 N–H and O–H groups in total. The van der Waals surface area contributed by atoms with Crippen LogP contribution >= 0.6 is 0 Å². The van der Waals surface area contributed by atoms with Gasteiger partial charge in [-0.2, -0.15) is 18.3 Å². The van der Waals surface area contributed by atoms with E-state index in [1.165, 1.54) is 29.5 Å². The average Bonchev–Trinajstić information content (AvgIpc) is 3.17. The van der Waals surface area contributed by atoms with Crippen LogP contribution in [0.5, 0.6) is 0 Å². The van der Waals surface area contributed by atoms with Crippen LogP contribution in [0.1, 0.15) is 37.5 Å². The fraction of sp³-hybridized carbons (Fsp3) is 0.286. The monoisotopic (exact) mass is 387 g/mol. The highest BCUT2D eigenvalue weighted by Gasteiger charge is 2.49. The smallest absolute Gasteiger partial charge is 0.296 e. The van der Waals surface area contributed by atoms with E-state index in [0.29, 0.717) is 5.56 Å². The first-order chi connectivity index (χ1) is 13.1. The second kappa shape index (κ2) is 6.89. The fourth-order valence-corrected chi connectivity index (χ4v) is 3.32. The number of halogens is 3. The van der Waals surface area contributed by atoms with Crippen LogP contribution in [0.4, 0.5) is 13.2 Å². The van der Waals surface area contributed by atoms with Crippen molar-refractivity contribution in [2.75, 3.05) is 0 Å². The molecule has 0 aliphatic heterocycles. The lowest BCUT2D eigenvalue weighted by Crippen LogP contribution is -2.50. The van der Waals surface area contributed by atoms with Crippen molar-refractivity contribution in [1.82, 2.24) is 14.8 Å². The third-order valence-corrected chi connectivity index (χ3v) is 4.57. The van der Waals surface area contributed by atoms with E-state index in [1.807, 2.05) is 0 Å². The minimum Gasteiger partial charge on any atom is -0.296 e. The Balaban J connectivity index is 2.42. The normalized spacial score (nSPS) is 14.5. The predicted molar refractivity (Wildman–Crippen MR) is 98.5 cm³/mol. The molecule has 4 nitrogen and oxygen atoms in total. The van der Waals surface area contributed by atoms with E-state index in [-0.39, 0.29) is 11.3 Å². The second-order valence-corrected chi connectivity index (χ2v) is 7.57. The molecule has 28 heavy (non-hydrogen) atoms. The number of carbonyl (C=O) groups is 1. The largest absolute Gasteiger partial charge is 0.416 e. The Labute approximate surface area is 161 Å². The number of Topliss-reactive ketones (excluding diaryl/α,β-unsaturated/α-hetero) is 1. The molecular formula is C21H20F3N3O. The summed E-state index contributed by atoms with van der Waals surface area (Å²) in [5.74, 6) is -0.295. The van der Waals surface area contributed by atoms with Crippen LogP contribution in [-0.4, -0.2) is 20.5 Å². The van der Waals surface area contributed by atoms with Crippen molar-refractivity contribution in [1.29, 1.82) is 0 Å². The Morgan fingerprint density at radius 1 is 0.893 bits per heavy atom. The molecule has 1 atom stereocenters. The molecule has 7 heteroatoms. The molecule has 0 saturated heterocycles. The number of carbonyl (C=O) groups excluding carboxylic acids is 1. The number of hydrogen-bond acceptors (Lipinski definition) is 3. The molecule has 2 aromatic carbocycles. The first kappa shape index (κ1) is 19.8. The minimum atomic E-state index is -4.54. The highest BCUT2D eigenvalue weighted by molar-refractivity contribution is 5.97. The first-order valence-electron chi connectivity index (χ1n) is 8.71. The Bertz CT molecular complexity index is 961. The summed E-state index contributed by atoms with van der Waals surface area (Å²) in [6, 6.07) is 13.5. The summed E-state index contributed by atoms with van der Waals surface area (Å²) in [6.07, 6.45) is -1.91. The third-order valence-electron chi connectivity index (χ3n) is 4.57. The number of rotatable bonds is 4. The molecule has 146 valence electrons. The number of aromatic nitrogens is 3. The van der Waals surface area contributed by atoms with Gasteiger partial charge in [-0.25, -0.2) is 9.67 Å². The lowest BCUT2D eigenvalue weighted by atomic mass is 9.70. The molecule has 0 aliphatic carbocycles. The summed E-state index contributed by atoms with van der Waals surface area (Å²) in [5.41, 5.74) is -2.58. The highest BCUT2D eigenvalue weighted by Crippen LogP contribution is 2.41. The molecule has 3 rings (SSSR count). The summed E-state index contributed by atoms with van der Waals surface area (Å²) in [5, 5.41) is 4.17. The highest BCUT2D eigenvalue weighted by atomic mass is 19.4. The molecular weight excluding hydrogens is 367 g/mol. The summed E-state index contributed by atoms with van der Waals surface area (Å²) < 4.78 is 41.6. The Hall–Kier alpha value is -2.96. The van der Waals surface area contributed by atoms with E-state index in [9.17, 15) is 18.0 Å². The van der Waals surface area contributed by atoms with E-state index < -0.39 is 22.7 Å². The Morgan fingerprint density at radius 3 is 2.04 bits per heavy atom. The lowest BCUT2D eigenvalue weighted by Gasteiger charge is -2.38. The van der Waals surface area contributed by atoms with E-state index in [4.69, 9.17) is 0 Å². The predicted octanol–water partition coefficient (Wildman–Crippen LogP) is 4.70. The van der Waals surface area contributed by atoms with Crippen molar-refractivity contribution >= 4 is 5.78 Å². The zero-order valence-corrected chi connectivity index (χ0v) is 15.7. The number of nitrogens with zero attached hydrogens (tertiary/aromatic N) is 3.